The minimum atomic E-state index is -2.13. The van der Waals surface area contributed by atoms with Gasteiger partial charge in [0.15, 0.2) is 34.5 Å². The minimum absolute atomic E-state index is 0.570. The lowest BCUT2D eigenvalue weighted by molar-refractivity contribution is -0.268. The maximum Gasteiger partial charge on any atom is 0.239 e. The zero-order valence-corrected chi connectivity index (χ0v) is 33.7. The van der Waals surface area contributed by atoms with Gasteiger partial charge in [-0.15, -0.1) is 0 Å². The zero-order valence-electron chi connectivity index (χ0n) is 33.7. The average Bonchev–Trinajstić information content (AvgIpc) is 3.25. The number of rotatable bonds is 7. The highest BCUT2D eigenvalue weighted by Crippen LogP contribution is 2.58. The number of benzene rings is 4. The summed E-state index contributed by atoms with van der Waals surface area (Å²) in [5, 5.41) is 172. The van der Waals surface area contributed by atoms with Gasteiger partial charge in [-0.2, -0.15) is 0 Å². The molecule has 2 aromatic heterocycles. The number of aromatic hydroxyl groups is 10. The Morgan fingerprint density at radius 1 is 0.439 bits per heavy atom. The molecule has 6 aromatic rings. The van der Waals surface area contributed by atoms with Crippen LogP contribution < -0.4 is 20.3 Å². The fourth-order valence-electron chi connectivity index (χ4n) is 7.71. The molecule has 350 valence electrons. The molecule has 2 fully saturated rings. The molecule has 24 heteroatoms. The molecule has 4 aromatic carbocycles. The summed E-state index contributed by atoms with van der Waals surface area (Å²) < 4.78 is 34.5. The maximum absolute atomic E-state index is 14.4. The number of aliphatic hydroxyl groups excluding tert-OH is 6. The predicted molar refractivity (Wildman–Crippen MR) is 217 cm³/mol. The normalized spacial score (nSPS) is 25.6. The fraction of sp³-hybridized carbons (Fsp3) is 0.286. The van der Waals surface area contributed by atoms with E-state index in [1.165, 1.54) is 13.8 Å². The van der Waals surface area contributed by atoms with Crippen molar-refractivity contribution in [2.45, 2.75) is 75.3 Å². The fourth-order valence-corrected chi connectivity index (χ4v) is 7.71. The Kier molecular flexibility index (Phi) is 11.1. The monoisotopic (exact) mass is 926 g/mol. The molecule has 2 saturated heterocycles. The molecule has 0 aliphatic carbocycles. The van der Waals surface area contributed by atoms with Crippen LogP contribution in [0.1, 0.15) is 13.8 Å². The topological polar surface area (TPSA) is 421 Å². The zero-order chi connectivity index (χ0) is 48.1. The Balaban J connectivity index is 1.48. The first kappa shape index (κ1) is 45.2. The van der Waals surface area contributed by atoms with E-state index in [1.54, 1.807) is 0 Å². The van der Waals surface area contributed by atoms with Gasteiger partial charge in [-0.1, -0.05) is 0 Å². The molecule has 0 radical (unpaired) electrons. The number of phenols is 10. The number of hydrogen-bond donors (Lipinski definition) is 16. The predicted octanol–water partition coefficient (Wildman–Crippen LogP) is 0.369. The van der Waals surface area contributed by atoms with Gasteiger partial charge in [-0.25, -0.2) is 0 Å². The first-order chi connectivity index (χ1) is 31.0. The van der Waals surface area contributed by atoms with Crippen molar-refractivity contribution in [2.24, 2.45) is 0 Å². The summed E-state index contributed by atoms with van der Waals surface area (Å²) in [5.74, 6) is -15.6. The van der Waals surface area contributed by atoms with Gasteiger partial charge in [-0.3, -0.25) is 9.59 Å². The average molecular weight is 927 g/mol. The van der Waals surface area contributed by atoms with E-state index in [9.17, 15) is 91.3 Å². The lowest BCUT2D eigenvalue weighted by atomic mass is 9.89. The Labute approximate surface area is 365 Å². The minimum Gasteiger partial charge on any atom is -0.508 e. The van der Waals surface area contributed by atoms with Gasteiger partial charge < -0.3 is 109 Å². The van der Waals surface area contributed by atoms with Crippen LogP contribution in [0, 0.1) is 0 Å². The van der Waals surface area contributed by atoms with Gasteiger partial charge in [0, 0.05) is 46.5 Å². The van der Waals surface area contributed by atoms with Crippen LogP contribution in [0.2, 0.25) is 0 Å². The van der Waals surface area contributed by atoms with Gasteiger partial charge in [-0.05, 0) is 26.0 Å². The smallest absolute Gasteiger partial charge is 0.239 e. The Hall–Kier alpha value is -7.42. The third-order valence-corrected chi connectivity index (χ3v) is 11.2. The molecule has 2 aliphatic rings. The molecule has 4 heterocycles. The maximum atomic E-state index is 14.4. The molecule has 66 heavy (non-hydrogen) atoms. The SMILES string of the molecule is CC1OC(Oc2c(-c3cc(O)c(O)c(O)c3-c3c(-c4oc5cc(O)cc(O)c5c(=O)c4OC4OC(C)C(O)C(O)C4O)cc(O)c(O)c3O)oc3cc(O)cc(O)c3c2=O)C(O)C(O)C1O. The number of ether oxygens (including phenoxy) is 4. The van der Waals surface area contributed by atoms with Gasteiger partial charge >= 0.3 is 0 Å². The highest BCUT2D eigenvalue weighted by molar-refractivity contribution is 6.02. The van der Waals surface area contributed by atoms with Gasteiger partial charge in [0.25, 0.3) is 0 Å². The summed E-state index contributed by atoms with van der Waals surface area (Å²) in [6.07, 6.45) is -18.3. The van der Waals surface area contributed by atoms with E-state index in [0.717, 1.165) is 24.3 Å². The van der Waals surface area contributed by atoms with E-state index in [4.69, 9.17) is 27.8 Å². The largest absolute Gasteiger partial charge is 0.508 e. The van der Waals surface area contributed by atoms with Crippen molar-refractivity contribution in [2.75, 3.05) is 0 Å². The van der Waals surface area contributed by atoms with E-state index < -0.39 is 197 Å². The molecule has 8 rings (SSSR count). The van der Waals surface area contributed by atoms with Crippen LogP contribution in [0.15, 0.2) is 54.8 Å². The molecule has 0 spiro atoms. The van der Waals surface area contributed by atoms with E-state index in [-0.39, 0.29) is 0 Å². The second-order valence-corrected chi connectivity index (χ2v) is 15.5. The van der Waals surface area contributed by atoms with Gasteiger partial charge in [0.1, 0.15) is 81.6 Å². The molecule has 2 aliphatic heterocycles. The standard InChI is InChI=1S/C42H38O24/c1-9-25(49)33(57)35(59)41(61-9)65-39-31(55)23-15(45)3-11(43)5-19(23)63-37(39)13-7-17(47)27(51)29(53)21(13)22-14(8-18(48)28(52)30(22)54)38-40(66-42-36(60)34(58)26(50)10(2)62-42)32(56)24-16(46)4-12(44)6-20(24)64-38/h3-10,25-26,33-36,41-54,57-60H,1-2H3. The Morgan fingerprint density at radius 3 is 1.14 bits per heavy atom. The second kappa shape index (κ2) is 16.2. The second-order valence-electron chi connectivity index (χ2n) is 15.5. The number of hydrogen-bond acceptors (Lipinski definition) is 24. The number of aliphatic hydroxyl groups is 6. The molecule has 0 saturated carbocycles. The third kappa shape index (κ3) is 7.13. The molecule has 10 atom stereocenters. The molecular weight excluding hydrogens is 888 g/mol. The van der Waals surface area contributed by atoms with Crippen LogP contribution in [0.25, 0.3) is 55.7 Å². The van der Waals surface area contributed by atoms with Crippen molar-refractivity contribution in [1.29, 1.82) is 0 Å². The summed E-state index contributed by atoms with van der Waals surface area (Å²) in [6, 6.07) is 4.21. The van der Waals surface area contributed by atoms with Crippen molar-refractivity contribution in [3.05, 3.63) is 56.8 Å². The van der Waals surface area contributed by atoms with E-state index in [1.807, 2.05) is 0 Å². The molecule has 10 unspecified atom stereocenters. The summed E-state index contributed by atoms with van der Waals surface area (Å²) in [7, 11) is 0. The number of phenolic OH excluding ortho intramolecular Hbond substituents is 10. The van der Waals surface area contributed by atoms with Crippen molar-refractivity contribution in [3.63, 3.8) is 0 Å². The van der Waals surface area contributed by atoms with Gasteiger partial charge in [0.2, 0.25) is 46.4 Å². The Bertz CT molecular complexity index is 2860. The summed E-state index contributed by atoms with van der Waals surface area (Å²) >= 11 is 0. The van der Waals surface area contributed by atoms with Crippen molar-refractivity contribution < 1.29 is 109 Å². The van der Waals surface area contributed by atoms with Crippen molar-refractivity contribution in [1.82, 2.24) is 0 Å². The Morgan fingerprint density at radius 2 is 0.788 bits per heavy atom. The summed E-state index contributed by atoms with van der Waals surface area (Å²) in [6.45, 7) is 2.51. The van der Waals surface area contributed by atoms with Crippen LogP contribution in [-0.2, 0) is 9.47 Å². The highest BCUT2D eigenvalue weighted by atomic mass is 16.7. The van der Waals surface area contributed by atoms with Crippen molar-refractivity contribution in [3.8, 4) is 103 Å². The quantitative estimate of drug-likeness (QED) is 0.0961. The lowest BCUT2D eigenvalue weighted by Crippen LogP contribution is -2.58. The van der Waals surface area contributed by atoms with E-state index >= 15 is 0 Å². The first-order valence-corrected chi connectivity index (χ1v) is 19.4. The molecule has 24 nitrogen and oxygen atoms in total. The van der Waals surface area contributed by atoms with Crippen LogP contribution in [0.3, 0.4) is 0 Å². The van der Waals surface area contributed by atoms with Crippen LogP contribution in [0.4, 0.5) is 0 Å². The lowest BCUT2D eigenvalue weighted by Gasteiger charge is -2.38. The molecular formula is C42H38O24. The first-order valence-electron chi connectivity index (χ1n) is 19.4. The van der Waals surface area contributed by atoms with Gasteiger partial charge in [0.05, 0.1) is 12.2 Å². The van der Waals surface area contributed by atoms with Crippen LogP contribution in [0.5, 0.6) is 69.0 Å². The van der Waals surface area contributed by atoms with Crippen molar-refractivity contribution >= 4 is 21.9 Å². The molecule has 16 N–H and O–H groups in total. The van der Waals surface area contributed by atoms with Crippen LogP contribution in [-0.4, -0.2) is 143 Å². The molecule has 0 bridgehead atoms. The summed E-state index contributed by atoms with van der Waals surface area (Å²) in [5.41, 5.74) is -7.82. The summed E-state index contributed by atoms with van der Waals surface area (Å²) in [4.78, 5) is 28.8. The van der Waals surface area contributed by atoms with E-state index in [0.29, 0.717) is 12.1 Å². The highest BCUT2D eigenvalue weighted by Gasteiger charge is 2.46. The van der Waals surface area contributed by atoms with E-state index in [2.05, 4.69) is 0 Å². The third-order valence-electron chi connectivity index (χ3n) is 11.2. The number of fused-ring (bicyclic) bond motifs is 2. The van der Waals surface area contributed by atoms with Crippen LogP contribution >= 0.6 is 0 Å². The molecule has 0 amide bonds.